The van der Waals surface area contributed by atoms with Gasteiger partial charge in [0.25, 0.3) is 0 Å². The SMILES string of the molecule is CCC[C@@H](C)[C@H]1CCC2C3CCC4CC(c5ccc6c(c5C(=O)[C@@H](N)CCCCN)C(=O)OC65c6ccc(O)cc6Oc6cc(O)ccc65)CC[C@]4(C)C3CC[C@@]21C. The number of phenols is 2. The molecule has 6 aliphatic rings. The Morgan fingerprint density at radius 1 is 0.845 bits per heavy atom. The summed E-state index contributed by atoms with van der Waals surface area (Å²) in [5, 5.41) is 21.0. The number of ketones is 1. The lowest BCUT2D eigenvalue weighted by atomic mass is 9.43. The number of fused-ring (bicyclic) bond motifs is 11. The van der Waals surface area contributed by atoms with Crippen LogP contribution in [0.4, 0.5) is 0 Å². The van der Waals surface area contributed by atoms with E-state index in [0.717, 1.165) is 67.3 Å². The van der Waals surface area contributed by atoms with E-state index in [-0.39, 0.29) is 34.2 Å². The van der Waals surface area contributed by atoms with Gasteiger partial charge in [0, 0.05) is 34.4 Å². The summed E-state index contributed by atoms with van der Waals surface area (Å²) < 4.78 is 12.8. The third-order valence-corrected chi connectivity index (χ3v) is 17.1. The summed E-state index contributed by atoms with van der Waals surface area (Å²) in [6.07, 6.45) is 15.7. The number of benzene rings is 3. The number of carbonyl (C=O) groups is 2. The molecule has 10 atom stereocenters. The number of rotatable bonds is 10. The highest BCUT2D eigenvalue weighted by molar-refractivity contribution is 6.12. The fourth-order valence-corrected chi connectivity index (χ4v) is 14.4. The number of Topliss-reactive ketones (excluding diaryl/α,β-unsaturated/α-hetero) is 1. The van der Waals surface area contributed by atoms with Crippen molar-refractivity contribution in [2.45, 2.75) is 135 Å². The molecule has 0 radical (unpaired) electrons. The standard InChI is InChI=1S/C50H64N2O6/c1-5-8-28(2)35-18-19-36-34-13-10-30-25-29(20-22-48(30,3)37(34)21-23-49(35,36)4)33-14-17-40-45(44(33)46(55)41(52)9-6-7-24-51)47(56)58-50(40)38-15-11-31(53)26-42(38)57-43-27-32(54)12-16-39(43)50/h11-12,14-17,26-30,34-37,41,53-54H,5-10,13,18-25,51-52H2,1-4H3/t28-,29?,30?,34?,35-,36?,37?,41+,48+,49-/m1/s1. The van der Waals surface area contributed by atoms with E-state index in [0.29, 0.717) is 58.1 Å². The van der Waals surface area contributed by atoms with Crippen molar-refractivity contribution < 1.29 is 29.3 Å². The summed E-state index contributed by atoms with van der Waals surface area (Å²) in [5.41, 5.74) is 15.1. The van der Waals surface area contributed by atoms with Crippen LogP contribution in [-0.4, -0.2) is 34.6 Å². The Labute approximate surface area is 344 Å². The van der Waals surface area contributed by atoms with Gasteiger partial charge in [-0.25, -0.2) is 4.79 Å². The largest absolute Gasteiger partial charge is 0.508 e. The van der Waals surface area contributed by atoms with Crippen molar-refractivity contribution in [3.05, 3.63) is 81.9 Å². The monoisotopic (exact) mass is 788 g/mol. The van der Waals surface area contributed by atoms with Crippen LogP contribution < -0.4 is 16.2 Å². The van der Waals surface area contributed by atoms with Crippen molar-refractivity contribution in [3.63, 3.8) is 0 Å². The number of hydrogen-bond acceptors (Lipinski definition) is 8. The maximum absolute atomic E-state index is 14.9. The molecule has 3 aromatic rings. The molecule has 9 rings (SSSR count). The molecule has 3 aromatic carbocycles. The van der Waals surface area contributed by atoms with Gasteiger partial charge in [0.15, 0.2) is 11.4 Å². The van der Waals surface area contributed by atoms with Crippen LogP contribution in [0.1, 0.15) is 166 Å². The molecule has 0 saturated heterocycles. The van der Waals surface area contributed by atoms with Gasteiger partial charge in [-0.05, 0) is 159 Å². The summed E-state index contributed by atoms with van der Waals surface area (Å²) in [6, 6.07) is 12.8. The normalized spacial score (nSPS) is 32.4. The molecule has 1 spiro atoms. The molecule has 0 amide bonds. The molecular weight excluding hydrogens is 725 g/mol. The van der Waals surface area contributed by atoms with Gasteiger partial charge in [0.2, 0.25) is 0 Å². The third kappa shape index (κ3) is 5.89. The van der Waals surface area contributed by atoms with Crippen LogP contribution in [-0.2, 0) is 10.3 Å². The minimum atomic E-state index is -1.46. The van der Waals surface area contributed by atoms with E-state index >= 15 is 0 Å². The molecule has 5 unspecified atom stereocenters. The topological polar surface area (TPSA) is 145 Å². The lowest BCUT2D eigenvalue weighted by Gasteiger charge is -2.61. The van der Waals surface area contributed by atoms with E-state index < -0.39 is 17.6 Å². The smallest absolute Gasteiger partial charge is 0.340 e. The number of ether oxygens (including phenoxy) is 2. The van der Waals surface area contributed by atoms with E-state index in [2.05, 4.69) is 33.8 Å². The van der Waals surface area contributed by atoms with Crippen LogP contribution in [0, 0.1) is 46.3 Å². The average Bonchev–Trinajstić information content (AvgIpc) is 3.71. The maximum Gasteiger partial charge on any atom is 0.340 e. The summed E-state index contributed by atoms with van der Waals surface area (Å²) in [5.74, 6) is 4.50. The lowest BCUT2D eigenvalue weighted by Crippen LogP contribution is -2.53. The molecule has 58 heavy (non-hydrogen) atoms. The van der Waals surface area contributed by atoms with Gasteiger partial charge < -0.3 is 31.2 Å². The predicted octanol–water partition coefficient (Wildman–Crippen LogP) is 10.5. The zero-order valence-electron chi connectivity index (χ0n) is 35.0. The average molecular weight is 789 g/mol. The predicted molar refractivity (Wildman–Crippen MR) is 225 cm³/mol. The number of unbranched alkanes of at least 4 members (excludes halogenated alkanes) is 1. The Morgan fingerprint density at radius 3 is 2.21 bits per heavy atom. The zero-order valence-corrected chi connectivity index (χ0v) is 35.0. The molecule has 4 saturated carbocycles. The fourth-order valence-electron chi connectivity index (χ4n) is 14.4. The van der Waals surface area contributed by atoms with Crippen molar-refractivity contribution in [2.75, 3.05) is 6.54 Å². The van der Waals surface area contributed by atoms with E-state index in [9.17, 15) is 19.8 Å². The molecule has 310 valence electrons. The highest BCUT2D eigenvalue weighted by atomic mass is 16.6. The first-order valence-corrected chi connectivity index (χ1v) is 22.6. The Bertz CT molecular complexity index is 2060. The van der Waals surface area contributed by atoms with Crippen LogP contribution >= 0.6 is 0 Å². The third-order valence-electron chi connectivity index (χ3n) is 17.1. The lowest BCUT2D eigenvalue weighted by molar-refractivity contribution is -0.117. The van der Waals surface area contributed by atoms with Crippen LogP contribution in [0.3, 0.4) is 0 Å². The van der Waals surface area contributed by atoms with Gasteiger partial charge in [0.1, 0.15) is 23.0 Å². The summed E-state index contributed by atoms with van der Waals surface area (Å²) >= 11 is 0. The van der Waals surface area contributed by atoms with Crippen LogP contribution in [0.25, 0.3) is 0 Å². The highest BCUT2D eigenvalue weighted by Crippen LogP contribution is 2.69. The number of carbonyl (C=O) groups excluding carboxylic acids is 2. The van der Waals surface area contributed by atoms with Crippen LogP contribution in [0.5, 0.6) is 23.0 Å². The van der Waals surface area contributed by atoms with Crippen molar-refractivity contribution >= 4 is 11.8 Å². The maximum atomic E-state index is 14.9. The van der Waals surface area contributed by atoms with Crippen molar-refractivity contribution in [1.82, 2.24) is 0 Å². The minimum absolute atomic E-state index is 0.00805. The second kappa shape index (κ2) is 14.7. The summed E-state index contributed by atoms with van der Waals surface area (Å²) in [4.78, 5) is 29.5. The Kier molecular flexibility index (Phi) is 10.0. The number of hydrogen-bond donors (Lipinski definition) is 4. The molecular formula is C50H64N2O6. The molecule has 8 heteroatoms. The van der Waals surface area contributed by atoms with E-state index in [4.69, 9.17) is 20.9 Å². The van der Waals surface area contributed by atoms with Gasteiger partial charge in [0.05, 0.1) is 11.6 Å². The summed E-state index contributed by atoms with van der Waals surface area (Å²) in [7, 11) is 0. The van der Waals surface area contributed by atoms with Gasteiger partial charge in [-0.2, -0.15) is 0 Å². The van der Waals surface area contributed by atoms with E-state index in [1.54, 1.807) is 24.3 Å². The fraction of sp³-hybridized carbons (Fsp3) is 0.600. The second-order valence-electron chi connectivity index (χ2n) is 19.9. The van der Waals surface area contributed by atoms with Crippen molar-refractivity contribution in [3.8, 4) is 23.0 Å². The Morgan fingerprint density at radius 2 is 1.52 bits per heavy atom. The molecule has 4 fully saturated rings. The van der Waals surface area contributed by atoms with Gasteiger partial charge in [-0.1, -0.05) is 59.1 Å². The molecule has 0 aromatic heterocycles. The number of nitrogens with two attached hydrogens (primary N) is 2. The first kappa shape index (κ1) is 39.6. The Hall–Kier alpha value is -3.88. The zero-order chi connectivity index (χ0) is 40.7. The van der Waals surface area contributed by atoms with Gasteiger partial charge in [-0.15, -0.1) is 0 Å². The molecule has 2 heterocycles. The number of esters is 1. The van der Waals surface area contributed by atoms with E-state index in [1.165, 1.54) is 63.5 Å². The van der Waals surface area contributed by atoms with Gasteiger partial charge in [-0.3, -0.25) is 4.79 Å². The molecule has 4 aliphatic carbocycles. The molecule has 0 bridgehead atoms. The molecule has 8 nitrogen and oxygen atoms in total. The second-order valence-corrected chi connectivity index (χ2v) is 19.9. The van der Waals surface area contributed by atoms with Crippen molar-refractivity contribution in [1.29, 1.82) is 0 Å². The van der Waals surface area contributed by atoms with Crippen molar-refractivity contribution in [2.24, 2.45) is 57.8 Å². The highest BCUT2D eigenvalue weighted by Gasteiger charge is 2.61. The molecule has 2 aliphatic heterocycles. The first-order chi connectivity index (χ1) is 27.8. The number of phenolic OH excluding ortho intramolecular Hbond substituents is 2. The Balaban J connectivity index is 1.09. The van der Waals surface area contributed by atoms with Gasteiger partial charge >= 0.3 is 5.97 Å². The molecule has 6 N–H and O–H groups in total. The number of aromatic hydroxyl groups is 2. The van der Waals surface area contributed by atoms with E-state index in [1.807, 2.05) is 6.07 Å². The minimum Gasteiger partial charge on any atom is -0.508 e. The summed E-state index contributed by atoms with van der Waals surface area (Å²) in [6.45, 7) is 10.7. The van der Waals surface area contributed by atoms with Crippen LogP contribution in [0.15, 0.2) is 48.5 Å². The first-order valence-electron chi connectivity index (χ1n) is 22.6. The quantitative estimate of drug-likeness (QED) is 0.0903. The van der Waals surface area contributed by atoms with Crippen LogP contribution in [0.2, 0.25) is 0 Å².